The number of rotatable bonds is 5. The van der Waals surface area contributed by atoms with E-state index in [0.717, 1.165) is 65.9 Å². The third-order valence-corrected chi connectivity index (χ3v) is 11.0. The molecule has 0 radical (unpaired) electrons. The highest BCUT2D eigenvalue weighted by atomic mass is 15.0. The lowest BCUT2D eigenvalue weighted by Crippen LogP contribution is -2.02. The van der Waals surface area contributed by atoms with E-state index >= 15 is 0 Å². The molecule has 0 spiro atoms. The molecule has 9 aromatic carbocycles. The smallest absolute Gasteiger partial charge is 0.165 e. The van der Waals surface area contributed by atoms with E-state index in [4.69, 9.17) is 15.0 Å². The predicted octanol–water partition coefficient (Wildman–Crippen LogP) is 13.4. The summed E-state index contributed by atoms with van der Waals surface area (Å²) >= 11 is 0. The fraction of sp³-hybridized carbons (Fsp3) is 0. The standard InChI is InChI=1S/C52H32N4/c1-3-12-33(13-4-1)38-22-25-44-47(32-38)48(34-26-28-53-29-27-34)42-18-9-10-19-43(42)49(44)52-55-50(35-14-5-2-6-15-35)54-51(56-52)45-21-11-20-40-41(45)24-23-39-30-36-16-7-8-17-37(36)31-46(39)40/h1-32H. The van der Waals surface area contributed by atoms with Gasteiger partial charge in [-0.1, -0.05) is 152 Å². The van der Waals surface area contributed by atoms with E-state index in [2.05, 4.69) is 169 Å². The molecule has 4 nitrogen and oxygen atoms in total. The zero-order chi connectivity index (χ0) is 37.0. The third-order valence-electron chi connectivity index (χ3n) is 11.0. The molecule has 2 heterocycles. The molecular formula is C52H32N4. The van der Waals surface area contributed by atoms with Gasteiger partial charge < -0.3 is 0 Å². The molecule has 0 N–H and O–H groups in total. The average molecular weight is 713 g/mol. The summed E-state index contributed by atoms with van der Waals surface area (Å²) in [4.78, 5) is 20.3. The molecule has 0 fully saturated rings. The second kappa shape index (κ2) is 13.1. The summed E-state index contributed by atoms with van der Waals surface area (Å²) < 4.78 is 0. The normalized spacial score (nSPS) is 11.6. The maximum absolute atomic E-state index is 5.43. The van der Waals surface area contributed by atoms with Crippen LogP contribution in [0.3, 0.4) is 0 Å². The second-order valence-corrected chi connectivity index (χ2v) is 14.2. The Balaban J connectivity index is 1.22. The maximum Gasteiger partial charge on any atom is 0.165 e. The van der Waals surface area contributed by atoms with E-state index in [1.807, 2.05) is 30.6 Å². The van der Waals surface area contributed by atoms with Crippen LogP contribution in [-0.4, -0.2) is 19.9 Å². The van der Waals surface area contributed by atoms with Gasteiger partial charge in [0.2, 0.25) is 0 Å². The van der Waals surface area contributed by atoms with Crippen LogP contribution in [0, 0.1) is 0 Å². The highest BCUT2D eigenvalue weighted by Gasteiger charge is 2.22. The van der Waals surface area contributed by atoms with Crippen molar-refractivity contribution < 1.29 is 0 Å². The molecule has 0 saturated carbocycles. The van der Waals surface area contributed by atoms with E-state index in [-0.39, 0.29) is 0 Å². The lowest BCUT2D eigenvalue weighted by atomic mass is 9.87. The summed E-state index contributed by atoms with van der Waals surface area (Å²) in [5.41, 5.74) is 7.45. The van der Waals surface area contributed by atoms with Gasteiger partial charge in [-0.2, -0.15) is 0 Å². The van der Waals surface area contributed by atoms with Crippen LogP contribution in [0.4, 0.5) is 0 Å². The zero-order valence-electron chi connectivity index (χ0n) is 30.3. The first kappa shape index (κ1) is 31.9. The highest BCUT2D eigenvalue weighted by Crippen LogP contribution is 2.45. The lowest BCUT2D eigenvalue weighted by Gasteiger charge is -2.18. The van der Waals surface area contributed by atoms with Crippen molar-refractivity contribution in [2.24, 2.45) is 0 Å². The van der Waals surface area contributed by atoms with Gasteiger partial charge in [-0.3, -0.25) is 4.98 Å². The van der Waals surface area contributed by atoms with Gasteiger partial charge in [0.1, 0.15) is 0 Å². The predicted molar refractivity (Wildman–Crippen MR) is 232 cm³/mol. The molecule has 0 aliphatic rings. The Hall–Kier alpha value is -7.56. The summed E-state index contributed by atoms with van der Waals surface area (Å²) in [6.45, 7) is 0. The van der Waals surface area contributed by atoms with Gasteiger partial charge in [-0.15, -0.1) is 0 Å². The summed E-state index contributed by atoms with van der Waals surface area (Å²) in [6.07, 6.45) is 3.73. The third kappa shape index (κ3) is 5.31. The van der Waals surface area contributed by atoms with Crippen molar-refractivity contribution in [1.82, 2.24) is 19.9 Å². The summed E-state index contributed by atoms with van der Waals surface area (Å²) in [7, 11) is 0. The minimum absolute atomic E-state index is 0.630. The van der Waals surface area contributed by atoms with Gasteiger partial charge in [-0.05, 0) is 106 Å². The van der Waals surface area contributed by atoms with Crippen LogP contribution < -0.4 is 0 Å². The highest BCUT2D eigenvalue weighted by molar-refractivity contribution is 6.21. The van der Waals surface area contributed by atoms with Crippen LogP contribution >= 0.6 is 0 Å². The molecule has 0 aliphatic carbocycles. The fourth-order valence-corrected chi connectivity index (χ4v) is 8.36. The van der Waals surface area contributed by atoms with Crippen LogP contribution in [-0.2, 0) is 0 Å². The van der Waals surface area contributed by atoms with Crippen LogP contribution in [0.5, 0.6) is 0 Å². The Labute approximate surface area is 323 Å². The van der Waals surface area contributed by atoms with Crippen LogP contribution in [0.1, 0.15) is 0 Å². The van der Waals surface area contributed by atoms with Crippen LogP contribution in [0.2, 0.25) is 0 Å². The Bertz CT molecular complexity index is 3290. The van der Waals surface area contributed by atoms with Gasteiger partial charge >= 0.3 is 0 Å². The fourth-order valence-electron chi connectivity index (χ4n) is 8.36. The molecule has 0 bridgehead atoms. The first-order valence-corrected chi connectivity index (χ1v) is 18.9. The van der Waals surface area contributed by atoms with Crippen molar-refractivity contribution in [2.45, 2.75) is 0 Å². The Kier molecular flexibility index (Phi) is 7.46. The van der Waals surface area contributed by atoms with E-state index in [0.29, 0.717) is 17.5 Å². The van der Waals surface area contributed by atoms with Gasteiger partial charge in [0.05, 0.1) is 0 Å². The zero-order valence-corrected chi connectivity index (χ0v) is 30.3. The van der Waals surface area contributed by atoms with E-state index in [1.54, 1.807) is 0 Å². The van der Waals surface area contributed by atoms with Crippen molar-refractivity contribution in [3.8, 4) is 56.4 Å². The molecule has 11 rings (SSSR count). The Morgan fingerprint density at radius 2 is 0.875 bits per heavy atom. The summed E-state index contributed by atoms with van der Waals surface area (Å²) in [5.74, 6) is 1.90. The van der Waals surface area contributed by atoms with Crippen molar-refractivity contribution in [3.05, 3.63) is 194 Å². The van der Waals surface area contributed by atoms with Gasteiger partial charge in [0.25, 0.3) is 0 Å². The lowest BCUT2D eigenvalue weighted by molar-refractivity contribution is 1.08. The Morgan fingerprint density at radius 3 is 1.66 bits per heavy atom. The topological polar surface area (TPSA) is 51.6 Å². The number of nitrogens with zero attached hydrogens (tertiary/aromatic N) is 4. The molecule has 0 atom stereocenters. The largest absolute Gasteiger partial charge is 0.265 e. The quantitative estimate of drug-likeness (QED) is 0.132. The number of hydrogen-bond donors (Lipinski definition) is 0. The average Bonchev–Trinajstić information content (AvgIpc) is 3.27. The van der Waals surface area contributed by atoms with Gasteiger partial charge in [-0.25, -0.2) is 15.0 Å². The monoisotopic (exact) mass is 712 g/mol. The van der Waals surface area contributed by atoms with Crippen LogP contribution in [0.15, 0.2) is 194 Å². The van der Waals surface area contributed by atoms with E-state index in [1.165, 1.54) is 26.9 Å². The molecule has 2 aromatic heterocycles. The van der Waals surface area contributed by atoms with E-state index < -0.39 is 0 Å². The SMILES string of the molecule is c1ccc(-c2ccc3c(-c4nc(-c5ccccc5)nc(-c5cccc6c5ccc5cc7ccccc7cc56)n4)c4ccccc4c(-c4ccncc4)c3c2)cc1. The number of fused-ring (bicyclic) bond motifs is 6. The van der Waals surface area contributed by atoms with Crippen molar-refractivity contribution in [2.75, 3.05) is 0 Å². The molecule has 0 aliphatic heterocycles. The minimum Gasteiger partial charge on any atom is -0.265 e. The molecule has 4 heteroatoms. The molecule has 56 heavy (non-hydrogen) atoms. The van der Waals surface area contributed by atoms with Gasteiger partial charge in [0.15, 0.2) is 17.5 Å². The first-order chi connectivity index (χ1) is 27.8. The van der Waals surface area contributed by atoms with Crippen molar-refractivity contribution in [3.63, 3.8) is 0 Å². The molecule has 0 saturated heterocycles. The van der Waals surface area contributed by atoms with Crippen LogP contribution in [0.25, 0.3) is 110 Å². The molecule has 11 aromatic rings. The van der Waals surface area contributed by atoms with E-state index in [9.17, 15) is 0 Å². The number of aromatic nitrogens is 4. The maximum atomic E-state index is 5.43. The molecular weight excluding hydrogens is 681 g/mol. The molecule has 260 valence electrons. The molecule has 0 amide bonds. The van der Waals surface area contributed by atoms with Crippen molar-refractivity contribution in [1.29, 1.82) is 0 Å². The first-order valence-electron chi connectivity index (χ1n) is 18.9. The summed E-state index contributed by atoms with van der Waals surface area (Å²) in [6, 6.07) is 64.4. The second-order valence-electron chi connectivity index (χ2n) is 14.2. The molecule has 0 unspecified atom stereocenters. The Morgan fingerprint density at radius 1 is 0.268 bits per heavy atom. The van der Waals surface area contributed by atoms with Crippen molar-refractivity contribution >= 4 is 53.9 Å². The number of benzene rings is 9. The van der Waals surface area contributed by atoms with Gasteiger partial charge in [0, 0.05) is 29.1 Å². The number of pyridine rings is 1. The number of hydrogen-bond acceptors (Lipinski definition) is 4. The minimum atomic E-state index is 0.630. The summed E-state index contributed by atoms with van der Waals surface area (Å²) in [5, 5.41) is 11.5.